The fourth-order valence-corrected chi connectivity index (χ4v) is 3.32. The van der Waals surface area contributed by atoms with Crippen LogP contribution < -0.4 is 9.61 Å². The zero-order valence-electron chi connectivity index (χ0n) is 11.5. The van der Waals surface area contributed by atoms with Crippen molar-refractivity contribution in [2.45, 2.75) is 13.3 Å². The van der Waals surface area contributed by atoms with Crippen molar-refractivity contribution < 1.29 is 9.09 Å². The van der Waals surface area contributed by atoms with Crippen LogP contribution >= 0.6 is 30.1 Å². The third kappa shape index (κ3) is 4.53. The smallest absolute Gasteiger partial charge is 0.338 e. The van der Waals surface area contributed by atoms with Crippen molar-refractivity contribution in [1.29, 1.82) is 0 Å². The number of halogens is 1. The zero-order valence-corrected chi connectivity index (χ0v) is 14.5. The van der Waals surface area contributed by atoms with Crippen LogP contribution in [0.25, 0.3) is 0 Å². The Bertz CT molecular complexity index is 611. The van der Waals surface area contributed by atoms with E-state index in [0.29, 0.717) is 5.75 Å². The lowest BCUT2D eigenvalue weighted by Crippen LogP contribution is -2.02. The van der Waals surface area contributed by atoms with Crippen molar-refractivity contribution in [3.8, 4) is 5.75 Å². The molecule has 0 spiro atoms. The largest absolute Gasteiger partial charge is 0.429 e. The SMILES string of the molecule is CCc1ccc(OP(C)(=O)Nc2ccc(I)cc2)cc1. The minimum absolute atomic E-state index is 0.617. The van der Waals surface area contributed by atoms with E-state index < -0.39 is 7.52 Å². The van der Waals surface area contributed by atoms with Crippen LogP contribution in [0.15, 0.2) is 48.5 Å². The summed E-state index contributed by atoms with van der Waals surface area (Å²) in [6, 6.07) is 15.4. The van der Waals surface area contributed by atoms with Crippen molar-refractivity contribution >= 4 is 35.8 Å². The van der Waals surface area contributed by atoms with Crippen LogP contribution in [0.2, 0.25) is 0 Å². The molecule has 0 aromatic heterocycles. The Kier molecular flexibility index (Phi) is 5.11. The Balaban J connectivity index is 2.06. The minimum atomic E-state index is -2.93. The standard InChI is InChI=1S/C15H17INO2P/c1-3-12-4-10-15(11-5-12)19-20(2,18)17-14-8-6-13(16)7-9-14/h4-11H,3H2,1-2H3,(H,17,18). The molecule has 1 N–H and O–H groups in total. The molecule has 3 nitrogen and oxygen atoms in total. The van der Waals surface area contributed by atoms with E-state index in [1.165, 1.54) is 5.56 Å². The van der Waals surface area contributed by atoms with Crippen molar-refractivity contribution in [2.24, 2.45) is 0 Å². The molecule has 2 aromatic carbocycles. The predicted molar refractivity (Wildman–Crippen MR) is 92.8 cm³/mol. The average Bonchev–Trinajstić information content (AvgIpc) is 2.41. The first-order valence-corrected chi connectivity index (χ1v) is 9.53. The van der Waals surface area contributed by atoms with E-state index in [4.69, 9.17) is 4.52 Å². The van der Waals surface area contributed by atoms with Gasteiger partial charge in [-0.3, -0.25) is 4.57 Å². The number of hydrogen-bond acceptors (Lipinski definition) is 2. The average molecular weight is 401 g/mol. The number of benzene rings is 2. The molecule has 0 saturated heterocycles. The summed E-state index contributed by atoms with van der Waals surface area (Å²) in [7, 11) is -2.93. The number of aryl methyl sites for hydroxylation is 1. The molecule has 2 rings (SSSR count). The molecule has 2 aromatic rings. The van der Waals surface area contributed by atoms with Gasteiger partial charge in [-0.1, -0.05) is 19.1 Å². The second-order valence-corrected chi connectivity index (χ2v) is 7.90. The van der Waals surface area contributed by atoms with Gasteiger partial charge in [0.15, 0.2) is 0 Å². The summed E-state index contributed by atoms with van der Waals surface area (Å²) in [5.41, 5.74) is 2.02. The molecular formula is C15H17INO2P. The van der Waals surface area contributed by atoms with Crippen LogP contribution in [0.5, 0.6) is 5.75 Å². The Labute approximate surface area is 133 Å². The van der Waals surface area contributed by atoms with Gasteiger partial charge in [0.2, 0.25) is 0 Å². The Morgan fingerprint density at radius 3 is 2.25 bits per heavy atom. The fraction of sp³-hybridized carbons (Fsp3) is 0.200. The van der Waals surface area contributed by atoms with Gasteiger partial charge in [0, 0.05) is 15.9 Å². The third-order valence-corrected chi connectivity index (χ3v) is 4.73. The summed E-state index contributed by atoms with van der Waals surface area (Å²) in [4.78, 5) is 0. The molecule has 1 atom stereocenters. The van der Waals surface area contributed by atoms with Gasteiger partial charge in [-0.15, -0.1) is 0 Å². The maximum Gasteiger partial charge on any atom is 0.338 e. The lowest BCUT2D eigenvalue weighted by Gasteiger charge is -2.17. The van der Waals surface area contributed by atoms with Crippen LogP contribution in [0.3, 0.4) is 0 Å². The van der Waals surface area contributed by atoms with Crippen LogP contribution in [0.4, 0.5) is 5.69 Å². The summed E-state index contributed by atoms with van der Waals surface area (Å²) in [5.74, 6) is 0.617. The molecule has 0 aliphatic heterocycles. The van der Waals surface area contributed by atoms with Crippen molar-refractivity contribution in [1.82, 2.24) is 0 Å². The van der Waals surface area contributed by atoms with Gasteiger partial charge >= 0.3 is 7.52 Å². The quantitative estimate of drug-likeness (QED) is 0.555. The highest BCUT2D eigenvalue weighted by molar-refractivity contribution is 14.1. The fourth-order valence-electron chi connectivity index (χ4n) is 1.77. The summed E-state index contributed by atoms with van der Waals surface area (Å²) < 4.78 is 19.2. The maximum absolute atomic E-state index is 12.5. The van der Waals surface area contributed by atoms with Gasteiger partial charge in [0.05, 0.1) is 0 Å². The molecule has 0 saturated carbocycles. The van der Waals surface area contributed by atoms with E-state index in [0.717, 1.165) is 15.7 Å². The van der Waals surface area contributed by atoms with Gasteiger partial charge < -0.3 is 9.61 Å². The van der Waals surface area contributed by atoms with E-state index in [1.54, 1.807) is 6.66 Å². The first-order valence-electron chi connectivity index (χ1n) is 6.38. The summed E-state index contributed by atoms with van der Waals surface area (Å²) >= 11 is 2.23. The van der Waals surface area contributed by atoms with Crippen LogP contribution in [-0.2, 0) is 11.0 Å². The maximum atomic E-state index is 12.5. The van der Waals surface area contributed by atoms with Gasteiger partial charge in [-0.2, -0.15) is 0 Å². The molecular weight excluding hydrogens is 384 g/mol. The summed E-state index contributed by atoms with van der Waals surface area (Å²) in [5, 5.41) is 2.95. The Hall–Kier alpha value is -1.00. The molecule has 0 fully saturated rings. The van der Waals surface area contributed by atoms with Crippen molar-refractivity contribution in [3.05, 3.63) is 57.7 Å². The van der Waals surface area contributed by atoms with E-state index in [1.807, 2.05) is 48.5 Å². The second kappa shape index (κ2) is 6.64. The molecule has 0 aliphatic carbocycles. The van der Waals surface area contributed by atoms with E-state index in [-0.39, 0.29) is 0 Å². The van der Waals surface area contributed by atoms with Crippen LogP contribution in [0, 0.1) is 3.57 Å². The summed E-state index contributed by atoms with van der Waals surface area (Å²) in [6.45, 7) is 3.68. The number of hydrogen-bond donors (Lipinski definition) is 1. The molecule has 0 radical (unpaired) electrons. The van der Waals surface area contributed by atoms with Crippen LogP contribution in [-0.4, -0.2) is 6.66 Å². The number of rotatable bonds is 5. The molecule has 0 aliphatic rings. The van der Waals surface area contributed by atoms with Gasteiger partial charge in [0.1, 0.15) is 5.75 Å². The molecule has 0 bridgehead atoms. The van der Waals surface area contributed by atoms with Crippen LogP contribution in [0.1, 0.15) is 12.5 Å². The molecule has 1 unspecified atom stereocenters. The van der Waals surface area contributed by atoms with Crippen molar-refractivity contribution in [3.63, 3.8) is 0 Å². The topological polar surface area (TPSA) is 38.3 Å². The Morgan fingerprint density at radius 2 is 1.70 bits per heavy atom. The minimum Gasteiger partial charge on any atom is -0.429 e. The monoisotopic (exact) mass is 401 g/mol. The third-order valence-electron chi connectivity index (χ3n) is 2.79. The highest BCUT2D eigenvalue weighted by atomic mass is 127. The van der Waals surface area contributed by atoms with Gasteiger partial charge in [-0.05, 0) is 71.0 Å². The zero-order chi connectivity index (χ0) is 14.6. The molecule has 20 heavy (non-hydrogen) atoms. The second-order valence-electron chi connectivity index (χ2n) is 4.55. The van der Waals surface area contributed by atoms with E-state index in [9.17, 15) is 4.57 Å². The lowest BCUT2D eigenvalue weighted by molar-refractivity contribution is 0.493. The highest BCUT2D eigenvalue weighted by Crippen LogP contribution is 2.43. The number of anilines is 1. The first kappa shape index (κ1) is 15.4. The van der Waals surface area contributed by atoms with Crippen molar-refractivity contribution in [2.75, 3.05) is 11.8 Å². The normalized spacial score (nSPS) is 13.6. The molecule has 5 heteroatoms. The molecule has 106 valence electrons. The van der Waals surface area contributed by atoms with Gasteiger partial charge in [-0.25, -0.2) is 0 Å². The highest BCUT2D eigenvalue weighted by Gasteiger charge is 2.17. The lowest BCUT2D eigenvalue weighted by atomic mass is 10.2. The summed E-state index contributed by atoms with van der Waals surface area (Å²) in [6.07, 6.45) is 0.977. The first-order chi connectivity index (χ1) is 9.48. The van der Waals surface area contributed by atoms with E-state index in [2.05, 4.69) is 34.6 Å². The van der Waals surface area contributed by atoms with E-state index >= 15 is 0 Å². The Morgan fingerprint density at radius 1 is 1.10 bits per heavy atom. The molecule has 0 amide bonds. The molecule has 0 heterocycles. The van der Waals surface area contributed by atoms with Gasteiger partial charge in [0.25, 0.3) is 0 Å². The number of nitrogens with one attached hydrogen (secondary N) is 1. The predicted octanol–water partition coefficient (Wildman–Crippen LogP) is 5.17.